The maximum absolute atomic E-state index is 11.9. The van der Waals surface area contributed by atoms with E-state index in [4.69, 9.17) is 14.6 Å². The number of aliphatic hydroxyl groups is 1. The zero-order valence-corrected chi connectivity index (χ0v) is 22.7. The molecular weight excluding hydrogens is 510 g/mol. The third kappa shape index (κ3) is 8.96. The molecule has 2 heterocycles. The van der Waals surface area contributed by atoms with Gasteiger partial charge in [0.15, 0.2) is 6.29 Å². The number of rotatable bonds is 13. The van der Waals surface area contributed by atoms with Gasteiger partial charge in [-0.25, -0.2) is 0 Å². The van der Waals surface area contributed by atoms with Crippen LogP contribution in [0.4, 0.5) is 0 Å². The van der Waals surface area contributed by atoms with Gasteiger partial charge in [0.2, 0.25) is 5.91 Å². The van der Waals surface area contributed by atoms with E-state index in [9.17, 15) is 14.7 Å². The Balaban J connectivity index is 1.41. The predicted octanol–water partition coefficient (Wildman–Crippen LogP) is 3.77. The number of aromatic nitrogens is 1. The molecule has 3 N–H and O–H groups in total. The minimum absolute atomic E-state index is 0.00636. The van der Waals surface area contributed by atoms with Gasteiger partial charge in [0, 0.05) is 56.4 Å². The smallest absolute Gasteiger partial charge is 0.303 e. The van der Waals surface area contributed by atoms with Gasteiger partial charge in [-0.05, 0) is 35.9 Å². The van der Waals surface area contributed by atoms with Crippen molar-refractivity contribution in [3.63, 3.8) is 0 Å². The Morgan fingerprint density at radius 1 is 0.975 bits per heavy atom. The van der Waals surface area contributed by atoms with Gasteiger partial charge in [-0.1, -0.05) is 54.6 Å². The monoisotopic (exact) mass is 547 g/mol. The van der Waals surface area contributed by atoms with E-state index >= 15 is 0 Å². The van der Waals surface area contributed by atoms with Gasteiger partial charge in [-0.3, -0.25) is 14.6 Å². The van der Waals surface area contributed by atoms with Crippen LogP contribution < -0.4 is 5.32 Å². The molecule has 1 aromatic heterocycles. The van der Waals surface area contributed by atoms with Crippen molar-refractivity contribution in [2.45, 2.75) is 57.3 Å². The van der Waals surface area contributed by atoms with Crippen molar-refractivity contribution in [1.82, 2.24) is 15.2 Å². The highest BCUT2D eigenvalue weighted by Gasteiger charge is 2.32. The highest BCUT2D eigenvalue weighted by molar-refractivity contribution is 5.80. The van der Waals surface area contributed by atoms with Crippen molar-refractivity contribution < 1.29 is 29.3 Å². The van der Waals surface area contributed by atoms with E-state index in [1.54, 1.807) is 0 Å². The molecule has 2 aromatic carbocycles. The maximum atomic E-state index is 11.9. The van der Waals surface area contributed by atoms with Crippen molar-refractivity contribution in [3.8, 4) is 0 Å². The predicted molar refractivity (Wildman–Crippen MR) is 149 cm³/mol. The summed E-state index contributed by atoms with van der Waals surface area (Å²) in [5, 5.41) is 20.9. The number of amides is 1. The number of carbonyl (C=O) groups excluding carboxylic acids is 1. The van der Waals surface area contributed by atoms with Gasteiger partial charge in [0.05, 0.1) is 25.2 Å². The third-order valence-corrected chi connectivity index (χ3v) is 6.91. The Kier molecular flexibility index (Phi) is 10.8. The van der Waals surface area contributed by atoms with Crippen molar-refractivity contribution in [3.05, 3.63) is 101 Å². The Hall–Kier alpha value is -3.63. The average molecular weight is 548 g/mol. The van der Waals surface area contributed by atoms with Gasteiger partial charge >= 0.3 is 5.97 Å². The van der Waals surface area contributed by atoms with Crippen LogP contribution >= 0.6 is 0 Å². The number of nitrogens with zero attached hydrogens (tertiary/aromatic N) is 2. The zero-order valence-electron chi connectivity index (χ0n) is 22.7. The van der Waals surface area contributed by atoms with E-state index < -0.39 is 12.3 Å². The molecule has 1 aliphatic heterocycles. The molecule has 3 unspecified atom stereocenters. The van der Waals surface area contributed by atoms with Crippen molar-refractivity contribution >= 4 is 11.9 Å². The van der Waals surface area contributed by atoms with Gasteiger partial charge < -0.3 is 29.9 Å². The molecule has 1 saturated heterocycles. The van der Waals surface area contributed by atoms with E-state index in [0.29, 0.717) is 13.0 Å². The third-order valence-electron chi connectivity index (χ3n) is 6.91. The van der Waals surface area contributed by atoms with Crippen molar-refractivity contribution in [2.24, 2.45) is 0 Å². The van der Waals surface area contributed by atoms with E-state index in [0.717, 1.165) is 47.5 Å². The van der Waals surface area contributed by atoms with Crippen LogP contribution in [0.15, 0.2) is 72.9 Å². The fraction of sp³-hybridized carbons (Fsp3) is 0.387. The summed E-state index contributed by atoms with van der Waals surface area (Å²) in [6, 6.07) is 21.5. The number of carboxylic acid groups (broad SMARTS) is 1. The summed E-state index contributed by atoms with van der Waals surface area (Å²) in [6.07, 6.45) is 2.32. The lowest BCUT2D eigenvalue weighted by Gasteiger charge is -2.38. The Morgan fingerprint density at radius 2 is 1.70 bits per heavy atom. The summed E-state index contributed by atoms with van der Waals surface area (Å²) in [4.78, 5) is 29.2. The Labute approximate surface area is 234 Å². The lowest BCUT2D eigenvalue weighted by molar-refractivity contribution is -0.252. The topological polar surface area (TPSA) is 121 Å². The lowest BCUT2D eigenvalue weighted by atomic mass is 9.99. The molecule has 9 heteroatoms. The molecule has 0 radical (unpaired) electrons. The van der Waals surface area contributed by atoms with Crippen LogP contribution in [-0.4, -0.2) is 58.2 Å². The van der Waals surface area contributed by atoms with Crippen molar-refractivity contribution in [2.75, 3.05) is 20.1 Å². The average Bonchev–Trinajstić information content (AvgIpc) is 2.98. The number of aliphatic carboxylic acids is 1. The van der Waals surface area contributed by atoms with E-state index in [-0.39, 0.29) is 37.6 Å². The molecule has 212 valence electrons. The number of carboxylic acids is 1. The molecule has 3 atom stereocenters. The SMILES string of the molecule is CN(CCc1ccccn1)CC1CC(c2ccc(CO)cc2)OC(c2ccc(CNC(=O)CCC(=O)O)cc2)O1. The number of benzene rings is 2. The second-order valence-corrected chi connectivity index (χ2v) is 10.1. The molecule has 1 amide bonds. The molecule has 0 spiro atoms. The second-order valence-electron chi connectivity index (χ2n) is 10.1. The molecule has 0 bridgehead atoms. The minimum Gasteiger partial charge on any atom is -0.481 e. The summed E-state index contributed by atoms with van der Waals surface area (Å²) in [7, 11) is 2.08. The van der Waals surface area contributed by atoms with Gasteiger partial charge in [-0.15, -0.1) is 0 Å². The normalized spacial score (nSPS) is 18.9. The minimum atomic E-state index is -0.993. The van der Waals surface area contributed by atoms with Crippen LogP contribution in [-0.2, 0) is 38.6 Å². The molecule has 1 aliphatic rings. The Morgan fingerprint density at radius 3 is 2.38 bits per heavy atom. The fourth-order valence-corrected chi connectivity index (χ4v) is 4.63. The zero-order chi connectivity index (χ0) is 28.3. The summed E-state index contributed by atoms with van der Waals surface area (Å²) in [5.41, 5.74) is 4.71. The molecular formula is C31H37N3O6. The number of hydrogen-bond donors (Lipinski definition) is 3. The van der Waals surface area contributed by atoms with Crippen molar-refractivity contribution in [1.29, 1.82) is 0 Å². The molecule has 3 aromatic rings. The first-order valence-electron chi connectivity index (χ1n) is 13.6. The van der Waals surface area contributed by atoms with E-state index in [1.165, 1.54) is 0 Å². The molecule has 40 heavy (non-hydrogen) atoms. The number of aliphatic hydroxyl groups excluding tert-OH is 1. The maximum Gasteiger partial charge on any atom is 0.303 e. The standard InChI is InChI=1S/C31H37N3O6/c1-34(17-15-26-4-2-3-16-32-26)20-27-18-28(24-9-7-23(21-35)8-10-24)40-31(39-27)25-11-5-22(6-12-25)19-33-29(36)13-14-30(37)38/h2-12,16,27-28,31,35H,13-15,17-21H2,1H3,(H,33,36)(H,37,38). The van der Waals surface area contributed by atoms with E-state index in [1.807, 2.05) is 72.9 Å². The number of likely N-dealkylation sites (N-methyl/N-ethyl adjacent to an activating group) is 1. The van der Waals surface area contributed by atoms with Crippen LogP contribution in [0.3, 0.4) is 0 Å². The first-order chi connectivity index (χ1) is 19.4. The van der Waals surface area contributed by atoms with Crippen LogP contribution in [0.1, 0.15) is 59.6 Å². The molecule has 1 fully saturated rings. The van der Waals surface area contributed by atoms with Crippen LogP contribution in [0, 0.1) is 0 Å². The first-order valence-corrected chi connectivity index (χ1v) is 13.6. The van der Waals surface area contributed by atoms with Crippen LogP contribution in [0.2, 0.25) is 0 Å². The fourth-order valence-electron chi connectivity index (χ4n) is 4.63. The molecule has 4 rings (SSSR count). The quantitative estimate of drug-likeness (QED) is 0.296. The number of ether oxygens (including phenoxy) is 2. The Bertz CT molecular complexity index is 1220. The highest BCUT2D eigenvalue weighted by Crippen LogP contribution is 2.38. The largest absolute Gasteiger partial charge is 0.481 e. The molecule has 9 nitrogen and oxygen atoms in total. The first kappa shape index (κ1) is 29.4. The number of pyridine rings is 1. The van der Waals surface area contributed by atoms with Gasteiger partial charge in [-0.2, -0.15) is 0 Å². The van der Waals surface area contributed by atoms with Crippen LogP contribution in [0.5, 0.6) is 0 Å². The summed E-state index contributed by atoms with van der Waals surface area (Å²) in [6.45, 7) is 1.89. The second kappa shape index (κ2) is 14.7. The number of nitrogens with one attached hydrogen (secondary N) is 1. The number of carbonyl (C=O) groups is 2. The highest BCUT2D eigenvalue weighted by atomic mass is 16.7. The van der Waals surface area contributed by atoms with Gasteiger partial charge in [0.1, 0.15) is 0 Å². The van der Waals surface area contributed by atoms with Crippen LogP contribution in [0.25, 0.3) is 0 Å². The summed E-state index contributed by atoms with van der Waals surface area (Å²) >= 11 is 0. The summed E-state index contributed by atoms with van der Waals surface area (Å²) < 4.78 is 12.9. The lowest BCUT2D eigenvalue weighted by Crippen LogP contribution is -2.38. The summed E-state index contributed by atoms with van der Waals surface area (Å²) in [5.74, 6) is -1.29. The molecule has 0 aliphatic carbocycles. The van der Waals surface area contributed by atoms with E-state index in [2.05, 4.69) is 22.2 Å². The van der Waals surface area contributed by atoms with Gasteiger partial charge in [0.25, 0.3) is 0 Å². The number of hydrogen-bond acceptors (Lipinski definition) is 7. The molecule has 0 saturated carbocycles.